The molecule has 22 heavy (non-hydrogen) atoms. The van der Waals surface area contributed by atoms with Crippen LogP contribution in [-0.4, -0.2) is 22.8 Å². The number of nitrogens with one attached hydrogen (secondary N) is 1. The number of aliphatic hydroxyl groups is 1. The van der Waals surface area contributed by atoms with E-state index in [1.54, 1.807) is 6.07 Å². The molecule has 0 bridgehead atoms. The SMILES string of the molecule is CC(C)c1cc(C(=O)NC(CCCO)c2ccccc2)no1. The normalized spacial score (nSPS) is 12.4. The first-order valence-corrected chi connectivity index (χ1v) is 7.55. The molecule has 1 heterocycles. The second-order valence-corrected chi connectivity index (χ2v) is 5.57. The molecule has 0 aliphatic heterocycles. The third-order valence-electron chi connectivity index (χ3n) is 3.49. The molecular weight excluding hydrogens is 280 g/mol. The monoisotopic (exact) mass is 302 g/mol. The van der Waals surface area contributed by atoms with Crippen LogP contribution in [0.1, 0.15) is 60.5 Å². The maximum atomic E-state index is 12.3. The molecule has 1 unspecified atom stereocenters. The predicted octanol–water partition coefficient (Wildman–Crippen LogP) is 3.04. The minimum Gasteiger partial charge on any atom is -0.396 e. The Labute approximate surface area is 130 Å². The number of benzene rings is 1. The van der Waals surface area contributed by atoms with Crippen LogP contribution < -0.4 is 5.32 Å². The van der Waals surface area contributed by atoms with Crippen LogP contribution in [0.3, 0.4) is 0 Å². The number of hydrogen-bond acceptors (Lipinski definition) is 4. The lowest BCUT2D eigenvalue weighted by molar-refractivity contribution is 0.0923. The summed E-state index contributed by atoms with van der Waals surface area (Å²) in [7, 11) is 0. The average Bonchev–Trinajstić information content (AvgIpc) is 3.02. The van der Waals surface area contributed by atoms with Gasteiger partial charge in [0.2, 0.25) is 0 Å². The Morgan fingerprint density at radius 2 is 2.05 bits per heavy atom. The molecule has 118 valence electrons. The van der Waals surface area contributed by atoms with Gasteiger partial charge in [0.05, 0.1) is 6.04 Å². The van der Waals surface area contributed by atoms with Crippen LogP contribution in [0, 0.1) is 0 Å². The van der Waals surface area contributed by atoms with Crippen LogP contribution in [0.4, 0.5) is 0 Å². The maximum Gasteiger partial charge on any atom is 0.273 e. The third-order valence-corrected chi connectivity index (χ3v) is 3.49. The summed E-state index contributed by atoms with van der Waals surface area (Å²) in [4.78, 5) is 12.3. The molecule has 2 aromatic rings. The smallest absolute Gasteiger partial charge is 0.273 e. The summed E-state index contributed by atoms with van der Waals surface area (Å²) < 4.78 is 5.16. The number of amides is 1. The summed E-state index contributed by atoms with van der Waals surface area (Å²) >= 11 is 0. The van der Waals surface area contributed by atoms with E-state index in [0.29, 0.717) is 18.6 Å². The zero-order chi connectivity index (χ0) is 15.9. The first-order chi connectivity index (χ1) is 10.6. The van der Waals surface area contributed by atoms with Gasteiger partial charge in [-0.25, -0.2) is 0 Å². The van der Waals surface area contributed by atoms with Crippen molar-refractivity contribution in [2.45, 2.75) is 38.6 Å². The molecule has 5 heteroatoms. The molecule has 5 nitrogen and oxygen atoms in total. The van der Waals surface area contributed by atoms with Crippen LogP contribution in [0.2, 0.25) is 0 Å². The Morgan fingerprint density at radius 3 is 2.64 bits per heavy atom. The van der Waals surface area contributed by atoms with Crippen LogP contribution >= 0.6 is 0 Å². The first-order valence-electron chi connectivity index (χ1n) is 7.55. The lowest BCUT2D eigenvalue weighted by Gasteiger charge is -2.18. The summed E-state index contributed by atoms with van der Waals surface area (Å²) in [6, 6.07) is 11.2. The van der Waals surface area contributed by atoms with Crippen molar-refractivity contribution in [2.75, 3.05) is 6.61 Å². The highest BCUT2D eigenvalue weighted by atomic mass is 16.5. The zero-order valence-corrected chi connectivity index (χ0v) is 13.0. The van der Waals surface area contributed by atoms with E-state index in [-0.39, 0.29) is 30.2 Å². The number of nitrogens with zero attached hydrogens (tertiary/aromatic N) is 1. The maximum absolute atomic E-state index is 12.3. The van der Waals surface area contributed by atoms with Crippen molar-refractivity contribution < 1.29 is 14.4 Å². The molecule has 0 saturated heterocycles. The third kappa shape index (κ3) is 4.18. The largest absolute Gasteiger partial charge is 0.396 e. The molecule has 0 spiro atoms. The second kappa shape index (κ2) is 7.75. The van der Waals surface area contributed by atoms with E-state index in [0.717, 1.165) is 5.56 Å². The van der Waals surface area contributed by atoms with E-state index in [1.807, 2.05) is 44.2 Å². The van der Waals surface area contributed by atoms with Crippen LogP contribution in [0.15, 0.2) is 40.9 Å². The topological polar surface area (TPSA) is 75.4 Å². The quantitative estimate of drug-likeness (QED) is 0.824. The molecule has 0 aliphatic rings. The van der Waals surface area contributed by atoms with E-state index >= 15 is 0 Å². The minimum absolute atomic E-state index is 0.0979. The second-order valence-electron chi connectivity index (χ2n) is 5.57. The number of rotatable bonds is 7. The molecule has 1 aromatic carbocycles. The van der Waals surface area contributed by atoms with Crippen molar-refractivity contribution in [3.8, 4) is 0 Å². The Hall–Kier alpha value is -2.14. The van der Waals surface area contributed by atoms with Gasteiger partial charge >= 0.3 is 0 Å². The standard InChI is InChI=1S/C17H22N2O3/c1-12(2)16-11-15(19-22-16)17(21)18-14(9-6-10-20)13-7-4-3-5-8-13/h3-5,7-8,11-12,14,20H,6,9-10H2,1-2H3,(H,18,21). The fourth-order valence-corrected chi connectivity index (χ4v) is 2.20. The van der Waals surface area contributed by atoms with Crippen LogP contribution in [-0.2, 0) is 0 Å². The molecule has 1 aromatic heterocycles. The van der Waals surface area contributed by atoms with Crippen molar-refractivity contribution >= 4 is 5.91 Å². The molecule has 2 rings (SSSR count). The highest BCUT2D eigenvalue weighted by Gasteiger charge is 2.19. The summed E-state index contributed by atoms with van der Waals surface area (Å²) in [6.45, 7) is 4.06. The van der Waals surface area contributed by atoms with Crippen molar-refractivity contribution in [3.63, 3.8) is 0 Å². The lowest BCUT2D eigenvalue weighted by atomic mass is 10.0. The van der Waals surface area contributed by atoms with Gasteiger partial charge in [0.25, 0.3) is 5.91 Å². The molecule has 1 atom stereocenters. The van der Waals surface area contributed by atoms with Gasteiger partial charge in [0.15, 0.2) is 5.69 Å². The Bertz CT molecular complexity index is 593. The van der Waals surface area contributed by atoms with E-state index in [4.69, 9.17) is 9.63 Å². The predicted molar refractivity (Wildman–Crippen MR) is 83.6 cm³/mol. The molecule has 1 amide bonds. The van der Waals surface area contributed by atoms with E-state index in [9.17, 15) is 4.79 Å². The zero-order valence-electron chi connectivity index (χ0n) is 13.0. The summed E-state index contributed by atoms with van der Waals surface area (Å²) in [5.41, 5.74) is 1.30. The van der Waals surface area contributed by atoms with Crippen LogP contribution in [0.25, 0.3) is 0 Å². The Morgan fingerprint density at radius 1 is 1.32 bits per heavy atom. The van der Waals surface area contributed by atoms with Gasteiger partial charge < -0.3 is 14.9 Å². The van der Waals surface area contributed by atoms with Gasteiger partial charge in [-0.3, -0.25) is 4.79 Å². The van der Waals surface area contributed by atoms with Gasteiger partial charge in [-0.2, -0.15) is 0 Å². The number of carbonyl (C=O) groups excluding carboxylic acids is 1. The fraction of sp³-hybridized carbons (Fsp3) is 0.412. The Kier molecular flexibility index (Phi) is 5.72. The molecule has 0 radical (unpaired) electrons. The molecule has 2 N–H and O–H groups in total. The van der Waals surface area contributed by atoms with Gasteiger partial charge in [0.1, 0.15) is 5.76 Å². The Balaban J connectivity index is 2.10. The number of aromatic nitrogens is 1. The van der Waals surface area contributed by atoms with Gasteiger partial charge in [-0.05, 0) is 18.4 Å². The van der Waals surface area contributed by atoms with Crippen molar-refractivity contribution in [1.82, 2.24) is 10.5 Å². The van der Waals surface area contributed by atoms with Crippen molar-refractivity contribution in [1.29, 1.82) is 0 Å². The van der Waals surface area contributed by atoms with Gasteiger partial charge in [-0.1, -0.05) is 49.3 Å². The van der Waals surface area contributed by atoms with Gasteiger partial charge in [-0.15, -0.1) is 0 Å². The fourth-order valence-electron chi connectivity index (χ4n) is 2.20. The number of hydrogen-bond donors (Lipinski definition) is 2. The number of aliphatic hydroxyl groups excluding tert-OH is 1. The molecule has 0 aliphatic carbocycles. The van der Waals surface area contributed by atoms with E-state index < -0.39 is 0 Å². The van der Waals surface area contributed by atoms with E-state index in [2.05, 4.69) is 10.5 Å². The minimum atomic E-state index is -0.262. The summed E-state index contributed by atoms with van der Waals surface area (Å²) in [5.74, 6) is 0.618. The van der Waals surface area contributed by atoms with E-state index in [1.165, 1.54) is 0 Å². The average molecular weight is 302 g/mol. The molecular formula is C17H22N2O3. The first kappa shape index (κ1) is 16.2. The van der Waals surface area contributed by atoms with Crippen LogP contribution in [0.5, 0.6) is 0 Å². The summed E-state index contributed by atoms with van der Waals surface area (Å²) in [5, 5.41) is 15.8. The highest BCUT2D eigenvalue weighted by Crippen LogP contribution is 2.20. The van der Waals surface area contributed by atoms with Crippen molar-refractivity contribution in [3.05, 3.63) is 53.4 Å². The van der Waals surface area contributed by atoms with Crippen molar-refractivity contribution in [2.24, 2.45) is 0 Å². The van der Waals surface area contributed by atoms with Gasteiger partial charge in [0, 0.05) is 18.6 Å². The molecule has 0 saturated carbocycles. The lowest BCUT2D eigenvalue weighted by Crippen LogP contribution is -2.29. The summed E-state index contributed by atoms with van der Waals surface area (Å²) in [6.07, 6.45) is 1.29. The number of carbonyl (C=O) groups is 1. The highest BCUT2D eigenvalue weighted by molar-refractivity contribution is 5.92. The molecule has 0 fully saturated rings.